The summed E-state index contributed by atoms with van der Waals surface area (Å²) in [6.07, 6.45) is 0. The van der Waals surface area contributed by atoms with Gasteiger partial charge in [-0.05, 0) is 76.4 Å². The third-order valence-electron chi connectivity index (χ3n) is 2.56. The van der Waals surface area contributed by atoms with Gasteiger partial charge in [-0.25, -0.2) is 0 Å². The molecule has 0 saturated heterocycles. The van der Waals surface area contributed by atoms with Crippen molar-refractivity contribution < 1.29 is 4.74 Å². The standard InChI is InChI=1S/C9H6OS2.C4H5NO2S2.C2H2N2S3.3CH4/c10-9-6-8(11-12-9)7-4-2-1-3-5-7;1-2-7-4-5-3(6)8-9-4;3-1-4-2(5)7-6-1;;;/h1-6H;2H2,1H3;(H2,3,4,5);3*1H4. The van der Waals surface area contributed by atoms with Gasteiger partial charge in [0, 0.05) is 10.9 Å². The minimum atomic E-state index is -0.177. The van der Waals surface area contributed by atoms with Gasteiger partial charge in [0.15, 0.2) is 9.09 Å². The van der Waals surface area contributed by atoms with Gasteiger partial charge >= 0.3 is 4.87 Å². The molecule has 0 aliphatic heterocycles. The molecule has 0 saturated carbocycles. The lowest BCUT2D eigenvalue weighted by Crippen LogP contribution is -1.96. The average molecular weight is 556 g/mol. The van der Waals surface area contributed by atoms with E-state index >= 15 is 0 Å². The minimum Gasteiger partial charge on any atom is -0.470 e. The molecule has 0 aliphatic carbocycles. The number of nitrogens with zero attached hydrogens (tertiary/aromatic N) is 2. The number of hydrogen-bond acceptors (Lipinski definition) is 13. The summed E-state index contributed by atoms with van der Waals surface area (Å²) in [5.41, 5.74) is 6.36. The Morgan fingerprint density at radius 2 is 1.61 bits per heavy atom. The lowest BCUT2D eigenvalue weighted by atomic mass is 10.2. The van der Waals surface area contributed by atoms with Crippen molar-refractivity contribution in [2.45, 2.75) is 29.2 Å². The summed E-state index contributed by atoms with van der Waals surface area (Å²) < 4.78 is 5.71. The summed E-state index contributed by atoms with van der Waals surface area (Å²) in [5, 5.41) is 1.04. The number of nitrogen functional groups attached to an aromatic ring is 1. The first-order valence-corrected chi connectivity index (χ1v) is 14.3. The highest BCUT2D eigenvalue weighted by atomic mass is 32.9. The van der Waals surface area contributed by atoms with Crippen molar-refractivity contribution in [2.75, 3.05) is 12.3 Å². The van der Waals surface area contributed by atoms with Crippen molar-refractivity contribution in [1.29, 1.82) is 0 Å². The van der Waals surface area contributed by atoms with Crippen molar-refractivity contribution in [1.82, 2.24) is 9.97 Å². The molecule has 1 aromatic carbocycles. The first kappa shape index (κ1) is 31.8. The van der Waals surface area contributed by atoms with E-state index < -0.39 is 0 Å². The molecule has 0 radical (unpaired) electrons. The molecule has 0 bridgehead atoms. The van der Waals surface area contributed by atoms with Gasteiger partial charge in [0.25, 0.3) is 5.19 Å². The lowest BCUT2D eigenvalue weighted by Gasteiger charge is -1.92. The number of anilines is 1. The van der Waals surface area contributed by atoms with Gasteiger partial charge in [0.2, 0.25) is 4.74 Å². The van der Waals surface area contributed by atoms with E-state index in [1.165, 1.54) is 51.7 Å². The predicted molar refractivity (Wildman–Crippen MR) is 147 cm³/mol. The van der Waals surface area contributed by atoms with Gasteiger partial charge in [-0.15, -0.1) is 0 Å². The van der Waals surface area contributed by atoms with E-state index in [-0.39, 0.29) is 31.9 Å². The van der Waals surface area contributed by atoms with E-state index in [0.29, 0.717) is 20.9 Å². The van der Waals surface area contributed by atoms with Crippen LogP contribution in [0.1, 0.15) is 29.2 Å². The molecular weight excluding hydrogens is 531 g/mol. The number of rotatable bonds is 3. The van der Waals surface area contributed by atoms with Gasteiger partial charge in [0.1, 0.15) is 0 Å². The highest BCUT2D eigenvalue weighted by Crippen LogP contribution is 2.24. The second kappa shape index (κ2) is 17.2. The van der Waals surface area contributed by atoms with Crippen molar-refractivity contribution in [3.63, 3.8) is 0 Å². The SMILES string of the molecule is C.C.C.CCOc1nc(=O)ss1.Nc1nc(=S)ss1.O=c1cc(-c2ccccc2)ss1. The normalized spacial score (nSPS) is 8.68. The number of benzene rings is 1. The van der Waals surface area contributed by atoms with Crippen molar-refractivity contribution in [2.24, 2.45) is 0 Å². The van der Waals surface area contributed by atoms with Crippen LogP contribution in [0.2, 0.25) is 0 Å². The van der Waals surface area contributed by atoms with Gasteiger partial charge in [-0.2, -0.15) is 9.97 Å². The molecule has 4 aromatic rings. The summed E-state index contributed by atoms with van der Waals surface area (Å²) in [6.45, 7) is 2.43. The van der Waals surface area contributed by atoms with Gasteiger partial charge in [-0.3, -0.25) is 9.59 Å². The number of nitrogens with two attached hydrogens (primary N) is 1. The summed E-state index contributed by atoms with van der Waals surface area (Å²) in [4.78, 5) is 29.5. The maximum Gasteiger partial charge on any atom is 0.340 e. The molecule has 0 fully saturated rings. The van der Waals surface area contributed by atoms with Crippen LogP contribution in [0.3, 0.4) is 0 Å². The molecule has 0 atom stereocenters. The van der Waals surface area contributed by atoms with E-state index in [1.54, 1.807) is 6.07 Å². The molecule has 2 N–H and O–H groups in total. The molecule has 0 unspecified atom stereocenters. The van der Waals surface area contributed by atoms with Crippen LogP contribution >= 0.6 is 74.3 Å². The zero-order chi connectivity index (χ0) is 20.4. The van der Waals surface area contributed by atoms with E-state index in [9.17, 15) is 9.59 Å². The van der Waals surface area contributed by atoms with Crippen molar-refractivity contribution >= 4 is 79.4 Å². The molecule has 6 nitrogen and oxygen atoms in total. The Labute approximate surface area is 209 Å². The van der Waals surface area contributed by atoms with Crippen LogP contribution in [0.15, 0.2) is 46.0 Å². The average Bonchev–Trinajstić information content (AvgIpc) is 3.40. The highest BCUT2D eigenvalue weighted by molar-refractivity contribution is 7.79. The maximum absolute atomic E-state index is 10.9. The molecule has 0 amide bonds. The molecular formula is C18H25N3O3S7. The Morgan fingerprint density at radius 3 is 2.00 bits per heavy atom. The Hall–Kier alpha value is -1.35. The molecule has 3 aromatic heterocycles. The summed E-state index contributed by atoms with van der Waals surface area (Å²) in [6, 6.07) is 11.6. The highest BCUT2D eigenvalue weighted by Gasteiger charge is 1.99. The first-order chi connectivity index (χ1) is 13.5. The molecule has 172 valence electrons. The van der Waals surface area contributed by atoms with E-state index in [4.69, 9.17) is 10.5 Å². The monoisotopic (exact) mass is 555 g/mol. The number of ether oxygens (including phenoxy) is 1. The Kier molecular flexibility index (Phi) is 17.7. The number of aromatic nitrogens is 2. The largest absolute Gasteiger partial charge is 0.470 e. The lowest BCUT2D eigenvalue weighted by molar-refractivity contribution is 0.337. The zero-order valence-electron chi connectivity index (χ0n) is 14.2. The molecule has 13 heteroatoms. The topological polar surface area (TPSA) is 95.2 Å². The fourth-order valence-electron chi connectivity index (χ4n) is 1.54. The van der Waals surface area contributed by atoms with Gasteiger partial charge < -0.3 is 10.5 Å². The first-order valence-electron chi connectivity index (χ1n) is 7.46. The fourth-order valence-corrected chi connectivity index (χ4v) is 6.47. The maximum atomic E-state index is 10.9. The van der Waals surface area contributed by atoms with E-state index in [1.807, 2.05) is 37.3 Å². The van der Waals surface area contributed by atoms with Crippen molar-refractivity contribution in [3.05, 3.63) is 59.6 Å². The van der Waals surface area contributed by atoms with E-state index in [0.717, 1.165) is 20.8 Å². The summed E-state index contributed by atoms with van der Waals surface area (Å²) in [7, 11) is 8.01. The van der Waals surface area contributed by atoms with Crippen molar-refractivity contribution in [3.8, 4) is 15.6 Å². The van der Waals surface area contributed by atoms with Crippen LogP contribution in [0, 0.1) is 3.95 Å². The molecule has 31 heavy (non-hydrogen) atoms. The Bertz CT molecular complexity index is 1130. The Balaban J connectivity index is 0. The number of hydrogen-bond donors (Lipinski definition) is 1. The van der Waals surface area contributed by atoms with Crippen LogP contribution in [0.4, 0.5) is 5.13 Å². The zero-order valence-corrected chi connectivity index (χ0v) is 19.9. The van der Waals surface area contributed by atoms with Crippen LogP contribution in [0.5, 0.6) is 5.19 Å². The second-order valence-corrected chi connectivity index (χ2v) is 11.5. The van der Waals surface area contributed by atoms with Crippen LogP contribution in [0.25, 0.3) is 10.4 Å². The third-order valence-corrected chi connectivity index (χ3v) is 8.98. The smallest absolute Gasteiger partial charge is 0.340 e. The molecule has 0 spiro atoms. The second-order valence-electron chi connectivity index (χ2n) is 4.49. The summed E-state index contributed by atoms with van der Waals surface area (Å²) in [5.74, 6) is 0. The minimum absolute atomic E-state index is 0. The molecule has 0 aliphatic rings. The molecule has 3 heterocycles. The van der Waals surface area contributed by atoms with Gasteiger partial charge in [0.05, 0.1) is 6.61 Å². The summed E-state index contributed by atoms with van der Waals surface area (Å²) >= 11 is 4.67. The Morgan fingerprint density at radius 1 is 0.935 bits per heavy atom. The predicted octanol–water partition coefficient (Wildman–Crippen LogP) is 7.22. The third kappa shape index (κ3) is 12.3. The van der Waals surface area contributed by atoms with Gasteiger partial charge in [-0.1, -0.05) is 63.0 Å². The fraction of sp³-hybridized carbons (Fsp3) is 0.278. The van der Waals surface area contributed by atoms with Crippen LogP contribution in [-0.2, 0) is 0 Å². The van der Waals surface area contributed by atoms with Crippen LogP contribution in [-0.4, -0.2) is 16.6 Å². The molecule has 4 rings (SSSR count). The van der Waals surface area contributed by atoms with E-state index in [2.05, 4.69) is 22.2 Å². The van der Waals surface area contributed by atoms with Crippen LogP contribution < -0.4 is 20.1 Å². The quantitative estimate of drug-likeness (QED) is 0.210.